The van der Waals surface area contributed by atoms with Crippen molar-refractivity contribution >= 4 is 16.0 Å². The molecule has 1 aromatic rings. The smallest absolute Gasteiger partial charge is 0.321 e. The average Bonchev–Trinajstić information content (AvgIpc) is 2.44. The van der Waals surface area contributed by atoms with Gasteiger partial charge in [-0.2, -0.15) is 4.72 Å². The fourth-order valence-corrected chi connectivity index (χ4v) is 3.09. The van der Waals surface area contributed by atoms with Crippen LogP contribution in [0.2, 0.25) is 0 Å². The Bertz CT molecular complexity index is 580. The molecule has 1 rings (SSSR count). The van der Waals surface area contributed by atoms with Crippen molar-refractivity contribution in [3.8, 4) is 5.75 Å². The first kappa shape index (κ1) is 18.4. The molecule has 0 saturated heterocycles. The highest BCUT2D eigenvalue weighted by atomic mass is 32.2. The summed E-state index contributed by atoms with van der Waals surface area (Å²) in [7, 11) is -3.87. The first-order valence-corrected chi connectivity index (χ1v) is 8.72. The van der Waals surface area contributed by atoms with Gasteiger partial charge in [-0.25, -0.2) is 8.42 Å². The minimum atomic E-state index is -3.87. The lowest BCUT2D eigenvalue weighted by molar-refractivity contribution is -0.139. The van der Waals surface area contributed by atoms with Crippen molar-refractivity contribution in [2.24, 2.45) is 5.92 Å². The molecule has 0 spiro atoms. The molecular weight excluding hydrogens is 306 g/mol. The molecule has 0 aliphatic carbocycles. The summed E-state index contributed by atoms with van der Waals surface area (Å²) in [5.74, 6) is -0.303. The Morgan fingerprint density at radius 3 is 2.27 bits per heavy atom. The molecule has 1 aromatic carbocycles. The Balaban J connectivity index is 2.85. The van der Waals surface area contributed by atoms with Crippen LogP contribution in [0.15, 0.2) is 29.2 Å². The minimum Gasteiger partial charge on any atom is -0.494 e. The summed E-state index contributed by atoms with van der Waals surface area (Å²) in [6.07, 6.45) is 0.881. The molecule has 0 aliphatic heterocycles. The van der Waals surface area contributed by atoms with E-state index in [1.807, 2.05) is 20.8 Å². The number of hydrogen-bond donors (Lipinski definition) is 2. The summed E-state index contributed by atoms with van der Waals surface area (Å²) in [6.45, 7) is 6.23. The number of sulfonamides is 1. The van der Waals surface area contributed by atoms with Crippen LogP contribution in [0.4, 0.5) is 0 Å². The van der Waals surface area contributed by atoms with E-state index in [4.69, 9.17) is 9.84 Å². The molecule has 124 valence electrons. The third-order valence-corrected chi connectivity index (χ3v) is 4.56. The van der Waals surface area contributed by atoms with Gasteiger partial charge in [-0.1, -0.05) is 13.8 Å². The number of hydrogen-bond acceptors (Lipinski definition) is 4. The molecule has 0 heterocycles. The Labute approximate surface area is 131 Å². The minimum absolute atomic E-state index is 0.0201. The number of rotatable bonds is 9. The molecule has 0 bridgehead atoms. The van der Waals surface area contributed by atoms with Crippen molar-refractivity contribution in [3.63, 3.8) is 0 Å². The van der Waals surface area contributed by atoms with Crippen LogP contribution in [0, 0.1) is 5.92 Å². The fourth-order valence-electron chi connectivity index (χ4n) is 1.87. The van der Waals surface area contributed by atoms with Crippen LogP contribution in [0.3, 0.4) is 0 Å². The lowest BCUT2D eigenvalue weighted by Crippen LogP contribution is -2.40. The van der Waals surface area contributed by atoms with Crippen molar-refractivity contribution in [2.75, 3.05) is 6.61 Å². The molecule has 0 radical (unpaired) electrons. The Kier molecular flexibility index (Phi) is 6.83. The summed E-state index contributed by atoms with van der Waals surface area (Å²) in [5, 5.41) is 9.16. The largest absolute Gasteiger partial charge is 0.494 e. The third-order valence-electron chi connectivity index (χ3n) is 3.07. The molecule has 6 nitrogen and oxygen atoms in total. The lowest BCUT2D eigenvalue weighted by Gasteiger charge is -2.16. The maximum atomic E-state index is 12.2. The number of carboxylic acid groups (broad SMARTS) is 1. The standard InChI is InChI=1S/C15H23NO5S/c1-4-21-12-6-8-13(9-7-12)22(19,20)16-14(15(17)18)10-5-11(2)3/h6-9,11,14,16H,4-5,10H2,1-3H3,(H,17,18). The summed E-state index contributed by atoms with van der Waals surface area (Å²) in [6, 6.07) is 4.76. The number of carbonyl (C=O) groups is 1. The second-order valence-corrected chi connectivity index (χ2v) is 7.10. The van der Waals surface area contributed by atoms with Crippen LogP contribution >= 0.6 is 0 Å². The van der Waals surface area contributed by atoms with Gasteiger partial charge in [0.1, 0.15) is 11.8 Å². The van der Waals surface area contributed by atoms with Gasteiger partial charge in [0, 0.05) is 0 Å². The predicted molar refractivity (Wildman–Crippen MR) is 83.4 cm³/mol. The second-order valence-electron chi connectivity index (χ2n) is 5.39. The summed E-state index contributed by atoms with van der Waals surface area (Å²) >= 11 is 0. The van der Waals surface area contributed by atoms with Crippen LogP contribution in [0.5, 0.6) is 5.75 Å². The van der Waals surface area contributed by atoms with Gasteiger partial charge >= 0.3 is 5.97 Å². The van der Waals surface area contributed by atoms with Crippen LogP contribution in [0.1, 0.15) is 33.6 Å². The van der Waals surface area contributed by atoms with Crippen LogP contribution in [-0.4, -0.2) is 32.1 Å². The van der Waals surface area contributed by atoms with E-state index in [1.165, 1.54) is 12.1 Å². The van der Waals surface area contributed by atoms with Crippen molar-refractivity contribution in [3.05, 3.63) is 24.3 Å². The van der Waals surface area contributed by atoms with E-state index in [1.54, 1.807) is 12.1 Å². The number of aliphatic carboxylic acids is 1. The van der Waals surface area contributed by atoms with Crippen LogP contribution < -0.4 is 9.46 Å². The molecule has 1 atom stereocenters. The molecular formula is C15H23NO5S. The van der Waals surface area contributed by atoms with Crippen LogP contribution in [-0.2, 0) is 14.8 Å². The Morgan fingerprint density at radius 2 is 1.82 bits per heavy atom. The quantitative estimate of drug-likeness (QED) is 0.725. The van der Waals surface area contributed by atoms with Gasteiger partial charge in [0.2, 0.25) is 10.0 Å². The van der Waals surface area contributed by atoms with Crippen molar-refractivity contribution in [1.29, 1.82) is 0 Å². The third kappa shape index (κ3) is 5.65. The molecule has 0 amide bonds. The maximum Gasteiger partial charge on any atom is 0.321 e. The number of benzene rings is 1. The second kappa shape index (κ2) is 8.14. The van der Waals surface area contributed by atoms with Gasteiger partial charge < -0.3 is 9.84 Å². The van der Waals surface area contributed by atoms with E-state index in [2.05, 4.69) is 4.72 Å². The van der Waals surface area contributed by atoms with Gasteiger partial charge in [-0.15, -0.1) is 0 Å². The molecule has 0 aromatic heterocycles. The maximum absolute atomic E-state index is 12.2. The van der Waals surface area contributed by atoms with E-state index in [9.17, 15) is 13.2 Å². The van der Waals surface area contributed by atoms with E-state index in [0.717, 1.165) is 0 Å². The molecule has 0 saturated carbocycles. The Morgan fingerprint density at radius 1 is 1.23 bits per heavy atom. The van der Waals surface area contributed by atoms with Gasteiger partial charge in [-0.3, -0.25) is 4.79 Å². The zero-order valence-corrected chi connectivity index (χ0v) is 13.9. The summed E-state index contributed by atoms with van der Waals surface area (Å²) in [5.41, 5.74) is 0. The molecule has 2 N–H and O–H groups in total. The zero-order chi connectivity index (χ0) is 16.8. The van der Waals surface area contributed by atoms with Gasteiger partial charge in [0.05, 0.1) is 11.5 Å². The van der Waals surface area contributed by atoms with Gasteiger partial charge in [-0.05, 0) is 49.9 Å². The van der Waals surface area contributed by atoms with E-state index in [0.29, 0.717) is 24.7 Å². The highest BCUT2D eigenvalue weighted by Gasteiger charge is 2.25. The van der Waals surface area contributed by atoms with Gasteiger partial charge in [0.25, 0.3) is 0 Å². The molecule has 0 fully saturated rings. The number of ether oxygens (including phenoxy) is 1. The number of nitrogens with one attached hydrogen (secondary N) is 1. The molecule has 1 unspecified atom stereocenters. The predicted octanol–water partition coefficient (Wildman–Crippen LogP) is 2.25. The fraction of sp³-hybridized carbons (Fsp3) is 0.533. The van der Waals surface area contributed by atoms with Gasteiger partial charge in [0.15, 0.2) is 0 Å². The lowest BCUT2D eigenvalue weighted by atomic mass is 10.0. The molecule has 0 aliphatic rings. The van der Waals surface area contributed by atoms with E-state index >= 15 is 0 Å². The van der Waals surface area contributed by atoms with Crippen molar-refractivity contribution in [1.82, 2.24) is 4.72 Å². The molecule has 7 heteroatoms. The first-order valence-electron chi connectivity index (χ1n) is 7.24. The average molecular weight is 329 g/mol. The normalized spacial score (nSPS) is 13.1. The summed E-state index contributed by atoms with van der Waals surface area (Å²) in [4.78, 5) is 11.2. The number of carboxylic acids is 1. The highest BCUT2D eigenvalue weighted by molar-refractivity contribution is 7.89. The monoisotopic (exact) mass is 329 g/mol. The van der Waals surface area contributed by atoms with E-state index < -0.39 is 22.0 Å². The van der Waals surface area contributed by atoms with E-state index in [-0.39, 0.29) is 11.3 Å². The zero-order valence-electron chi connectivity index (χ0n) is 13.1. The van der Waals surface area contributed by atoms with Crippen molar-refractivity contribution in [2.45, 2.75) is 44.6 Å². The topological polar surface area (TPSA) is 92.7 Å². The summed E-state index contributed by atoms with van der Waals surface area (Å²) < 4.78 is 32.0. The van der Waals surface area contributed by atoms with Crippen molar-refractivity contribution < 1.29 is 23.1 Å². The van der Waals surface area contributed by atoms with Crippen LogP contribution in [0.25, 0.3) is 0 Å². The first-order chi connectivity index (χ1) is 10.3. The SMILES string of the molecule is CCOc1ccc(S(=O)(=O)NC(CCC(C)C)C(=O)O)cc1. The molecule has 22 heavy (non-hydrogen) atoms. The Hall–Kier alpha value is -1.60. The highest BCUT2D eigenvalue weighted by Crippen LogP contribution is 2.17.